The molecule has 1 aliphatic rings. The van der Waals surface area contributed by atoms with Crippen molar-refractivity contribution in [2.24, 2.45) is 5.92 Å². The van der Waals surface area contributed by atoms with E-state index in [2.05, 4.69) is 16.8 Å². The summed E-state index contributed by atoms with van der Waals surface area (Å²) in [6, 6.07) is 3.18. The van der Waals surface area contributed by atoms with E-state index in [-0.39, 0.29) is 0 Å². The lowest BCUT2D eigenvalue weighted by Gasteiger charge is -2.31. The molecule has 0 aromatic carbocycles. The second-order valence-electron chi connectivity index (χ2n) is 4.40. The summed E-state index contributed by atoms with van der Waals surface area (Å²) in [5.74, 6) is 0.546. The Hall–Kier alpha value is -1.58. The maximum absolute atomic E-state index is 10.9. The van der Waals surface area contributed by atoms with Gasteiger partial charge in [-0.1, -0.05) is 6.92 Å². The highest BCUT2D eigenvalue weighted by Gasteiger charge is 2.18. The number of aromatic nitrogens is 1. The Labute approximate surface area is 94.9 Å². The zero-order chi connectivity index (χ0) is 11.5. The Balaban J connectivity index is 2.19. The number of rotatable bonds is 2. The number of carboxylic acid groups (broad SMARTS) is 1. The van der Waals surface area contributed by atoms with Crippen LogP contribution in [0.2, 0.25) is 0 Å². The van der Waals surface area contributed by atoms with Gasteiger partial charge in [0.05, 0.1) is 5.56 Å². The molecule has 0 spiro atoms. The molecule has 0 amide bonds. The van der Waals surface area contributed by atoms with E-state index in [1.54, 1.807) is 12.3 Å². The van der Waals surface area contributed by atoms with Crippen molar-refractivity contribution < 1.29 is 9.90 Å². The molecule has 0 radical (unpaired) electrons. The summed E-state index contributed by atoms with van der Waals surface area (Å²) in [4.78, 5) is 17.3. The molecule has 1 N–H and O–H groups in total. The van der Waals surface area contributed by atoms with Crippen LogP contribution in [0, 0.1) is 5.92 Å². The van der Waals surface area contributed by atoms with Gasteiger partial charge in [0.1, 0.15) is 5.82 Å². The fourth-order valence-electron chi connectivity index (χ4n) is 2.12. The summed E-state index contributed by atoms with van der Waals surface area (Å²) in [6.45, 7) is 4.16. The zero-order valence-corrected chi connectivity index (χ0v) is 9.39. The highest BCUT2D eigenvalue weighted by molar-refractivity contribution is 5.88. The van der Waals surface area contributed by atoms with E-state index in [1.165, 1.54) is 12.5 Å². The number of aromatic carboxylic acids is 1. The Morgan fingerprint density at radius 1 is 1.62 bits per heavy atom. The average Bonchev–Trinajstić information content (AvgIpc) is 2.29. The second-order valence-corrected chi connectivity index (χ2v) is 4.40. The third-order valence-corrected chi connectivity index (χ3v) is 2.97. The van der Waals surface area contributed by atoms with Crippen LogP contribution in [-0.4, -0.2) is 29.1 Å². The molecule has 86 valence electrons. The molecule has 1 atom stereocenters. The lowest BCUT2D eigenvalue weighted by atomic mass is 10.0. The average molecular weight is 220 g/mol. The quantitative estimate of drug-likeness (QED) is 0.828. The molecular formula is C12H16N2O2. The van der Waals surface area contributed by atoms with Crippen LogP contribution < -0.4 is 4.90 Å². The Morgan fingerprint density at radius 3 is 3.12 bits per heavy atom. The molecule has 0 unspecified atom stereocenters. The van der Waals surface area contributed by atoms with Gasteiger partial charge in [-0.2, -0.15) is 0 Å². The molecule has 1 aromatic rings. The van der Waals surface area contributed by atoms with Crippen LogP contribution in [0.15, 0.2) is 18.3 Å². The summed E-state index contributed by atoms with van der Waals surface area (Å²) in [6.07, 6.45) is 3.97. The predicted octanol–water partition coefficient (Wildman–Crippen LogP) is 2.02. The predicted molar refractivity (Wildman–Crippen MR) is 61.8 cm³/mol. The van der Waals surface area contributed by atoms with Crippen molar-refractivity contribution in [3.63, 3.8) is 0 Å². The fourth-order valence-corrected chi connectivity index (χ4v) is 2.12. The monoisotopic (exact) mass is 220 g/mol. The first-order valence-electron chi connectivity index (χ1n) is 5.61. The smallest absolute Gasteiger partial charge is 0.335 e. The maximum atomic E-state index is 10.9. The van der Waals surface area contributed by atoms with E-state index in [4.69, 9.17) is 5.11 Å². The minimum absolute atomic E-state index is 0.309. The molecule has 1 saturated heterocycles. The van der Waals surface area contributed by atoms with Crippen molar-refractivity contribution in [2.45, 2.75) is 19.8 Å². The van der Waals surface area contributed by atoms with E-state index in [0.717, 1.165) is 25.3 Å². The van der Waals surface area contributed by atoms with Gasteiger partial charge in [0, 0.05) is 19.3 Å². The van der Waals surface area contributed by atoms with Gasteiger partial charge < -0.3 is 10.0 Å². The van der Waals surface area contributed by atoms with Crippen LogP contribution in [0.25, 0.3) is 0 Å². The first kappa shape index (κ1) is 10.9. The van der Waals surface area contributed by atoms with E-state index in [1.807, 2.05) is 0 Å². The third kappa shape index (κ3) is 2.32. The second kappa shape index (κ2) is 4.51. The number of anilines is 1. The summed E-state index contributed by atoms with van der Waals surface area (Å²) in [5, 5.41) is 8.91. The minimum atomic E-state index is -0.895. The number of pyridine rings is 1. The van der Waals surface area contributed by atoms with E-state index >= 15 is 0 Å². The van der Waals surface area contributed by atoms with Crippen LogP contribution in [0.4, 0.5) is 5.82 Å². The molecule has 0 bridgehead atoms. The van der Waals surface area contributed by atoms with Gasteiger partial charge in [0.2, 0.25) is 0 Å². The van der Waals surface area contributed by atoms with Gasteiger partial charge in [0.15, 0.2) is 0 Å². The molecule has 1 aromatic heterocycles. The molecule has 2 heterocycles. The third-order valence-electron chi connectivity index (χ3n) is 2.97. The number of hydrogen-bond donors (Lipinski definition) is 1. The van der Waals surface area contributed by atoms with Gasteiger partial charge >= 0.3 is 5.97 Å². The number of hydrogen-bond acceptors (Lipinski definition) is 3. The molecule has 1 aliphatic heterocycles. The summed E-state index contributed by atoms with van der Waals surface area (Å²) in [7, 11) is 0. The summed E-state index contributed by atoms with van der Waals surface area (Å²) in [5.41, 5.74) is 0.309. The van der Waals surface area contributed by atoms with Crippen LogP contribution in [0.1, 0.15) is 30.1 Å². The lowest BCUT2D eigenvalue weighted by Crippen LogP contribution is -2.34. The number of nitrogens with zero attached hydrogens (tertiary/aromatic N) is 2. The fraction of sp³-hybridized carbons (Fsp3) is 0.500. The van der Waals surface area contributed by atoms with Crippen molar-refractivity contribution in [3.05, 3.63) is 23.9 Å². The van der Waals surface area contributed by atoms with Crippen LogP contribution in [0.3, 0.4) is 0 Å². The molecule has 4 heteroatoms. The standard InChI is InChI=1S/C12H16N2O2/c1-9-3-2-6-14(8-9)11-7-10(12(15)16)4-5-13-11/h4-5,7,9H,2-3,6,8H2,1H3,(H,15,16)/t9-/m1/s1. The number of piperidine rings is 1. The SMILES string of the molecule is C[C@@H]1CCCN(c2cc(C(=O)O)ccn2)C1. The van der Waals surface area contributed by atoms with E-state index < -0.39 is 5.97 Å². The van der Waals surface area contributed by atoms with Gasteiger partial charge in [-0.05, 0) is 30.9 Å². The first-order chi connectivity index (χ1) is 7.66. The molecule has 2 rings (SSSR count). The van der Waals surface area contributed by atoms with Gasteiger partial charge in [-0.3, -0.25) is 0 Å². The van der Waals surface area contributed by atoms with Crippen molar-refractivity contribution in [2.75, 3.05) is 18.0 Å². The molecular weight excluding hydrogens is 204 g/mol. The highest BCUT2D eigenvalue weighted by Crippen LogP contribution is 2.21. The van der Waals surface area contributed by atoms with Crippen molar-refractivity contribution >= 4 is 11.8 Å². The lowest BCUT2D eigenvalue weighted by molar-refractivity contribution is 0.0697. The number of carboxylic acids is 1. The largest absolute Gasteiger partial charge is 0.478 e. The van der Waals surface area contributed by atoms with E-state index in [0.29, 0.717) is 11.5 Å². The molecule has 1 fully saturated rings. The normalized spacial score (nSPS) is 20.8. The first-order valence-corrected chi connectivity index (χ1v) is 5.61. The highest BCUT2D eigenvalue weighted by atomic mass is 16.4. The van der Waals surface area contributed by atoms with Gasteiger partial charge in [-0.15, -0.1) is 0 Å². The minimum Gasteiger partial charge on any atom is -0.478 e. The topological polar surface area (TPSA) is 53.4 Å². The van der Waals surface area contributed by atoms with Crippen molar-refractivity contribution in [1.29, 1.82) is 0 Å². The summed E-state index contributed by atoms with van der Waals surface area (Å²) < 4.78 is 0. The zero-order valence-electron chi connectivity index (χ0n) is 9.39. The van der Waals surface area contributed by atoms with Crippen molar-refractivity contribution in [1.82, 2.24) is 4.98 Å². The molecule has 0 saturated carbocycles. The maximum Gasteiger partial charge on any atom is 0.335 e. The van der Waals surface area contributed by atoms with Crippen LogP contribution >= 0.6 is 0 Å². The molecule has 4 nitrogen and oxygen atoms in total. The van der Waals surface area contributed by atoms with Crippen molar-refractivity contribution in [3.8, 4) is 0 Å². The van der Waals surface area contributed by atoms with E-state index in [9.17, 15) is 4.79 Å². The van der Waals surface area contributed by atoms with Crippen LogP contribution in [0.5, 0.6) is 0 Å². The molecule has 16 heavy (non-hydrogen) atoms. The van der Waals surface area contributed by atoms with Gasteiger partial charge in [0.25, 0.3) is 0 Å². The Bertz CT molecular complexity index is 392. The Kier molecular flexibility index (Phi) is 3.08. The number of carbonyl (C=O) groups is 1. The van der Waals surface area contributed by atoms with Crippen LogP contribution in [-0.2, 0) is 0 Å². The Morgan fingerprint density at radius 2 is 2.44 bits per heavy atom. The van der Waals surface area contributed by atoms with Gasteiger partial charge in [-0.25, -0.2) is 9.78 Å². The summed E-state index contributed by atoms with van der Waals surface area (Å²) >= 11 is 0. The molecule has 0 aliphatic carbocycles.